The molecule has 5 heteroatoms. The number of nitrogens with zero attached hydrogens (tertiary/aromatic N) is 1. The van der Waals surface area contributed by atoms with Gasteiger partial charge in [0.25, 0.3) is 0 Å². The van der Waals surface area contributed by atoms with E-state index in [2.05, 4.69) is 10.2 Å². The molecule has 2 aliphatic rings. The maximum atomic E-state index is 13.6. The van der Waals surface area contributed by atoms with Gasteiger partial charge in [-0.25, -0.2) is 4.39 Å². The summed E-state index contributed by atoms with van der Waals surface area (Å²) >= 11 is 0. The molecule has 2 fully saturated rings. The van der Waals surface area contributed by atoms with Gasteiger partial charge in [-0.3, -0.25) is 4.79 Å². The van der Waals surface area contributed by atoms with Crippen molar-refractivity contribution in [3.05, 3.63) is 59.9 Å². The van der Waals surface area contributed by atoms with Gasteiger partial charge in [-0.05, 0) is 54.8 Å². The highest BCUT2D eigenvalue weighted by molar-refractivity contribution is 6.00. The van der Waals surface area contributed by atoms with Gasteiger partial charge >= 0.3 is 0 Å². The summed E-state index contributed by atoms with van der Waals surface area (Å²) in [4.78, 5) is 15.2. The molecule has 0 bridgehead atoms. The smallest absolute Gasteiger partial charge is 0.235 e. The molecule has 1 saturated carbocycles. The highest BCUT2D eigenvalue weighted by Crippen LogP contribution is 2.44. The minimum atomic E-state index is -0.606. The first-order chi connectivity index (χ1) is 12.7. The number of ether oxygens (including phenoxy) is 1. The molecule has 4 nitrogen and oxygen atoms in total. The number of halogens is 1. The fourth-order valence-electron chi connectivity index (χ4n) is 3.79. The predicted octanol–water partition coefficient (Wildman–Crippen LogP) is 3.72. The van der Waals surface area contributed by atoms with Crippen LogP contribution in [-0.4, -0.2) is 32.2 Å². The average Bonchev–Trinajstić information content (AvgIpc) is 2.62. The molecule has 1 heterocycles. The molecular weight excluding hydrogens is 331 g/mol. The number of hydrogen-bond acceptors (Lipinski definition) is 3. The Balaban J connectivity index is 1.48. The number of carbonyl (C=O) groups is 1. The Labute approximate surface area is 153 Å². The third-order valence-electron chi connectivity index (χ3n) is 5.52. The highest BCUT2D eigenvalue weighted by atomic mass is 19.1. The fourth-order valence-corrected chi connectivity index (χ4v) is 3.79. The second-order valence-electron chi connectivity index (χ2n) is 7.05. The Kier molecular flexibility index (Phi) is 4.64. The van der Waals surface area contributed by atoms with Gasteiger partial charge in [0.05, 0.1) is 18.6 Å². The van der Waals surface area contributed by atoms with Crippen molar-refractivity contribution in [3.63, 3.8) is 0 Å². The molecule has 136 valence electrons. The highest BCUT2D eigenvalue weighted by Gasteiger charge is 2.45. The van der Waals surface area contributed by atoms with Crippen LogP contribution in [0, 0.1) is 5.82 Å². The quantitative estimate of drug-likeness (QED) is 0.910. The van der Waals surface area contributed by atoms with Gasteiger partial charge in [-0.15, -0.1) is 0 Å². The molecule has 1 amide bonds. The fraction of sp³-hybridized carbons (Fsp3) is 0.381. The van der Waals surface area contributed by atoms with E-state index in [0.29, 0.717) is 0 Å². The molecule has 2 aromatic carbocycles. The first-order valence-corrected chi connectivity index (χ1v) is 9.18. The van der Waals surface area contributed by atoms with Crippen LogP contribution in [0.2, 0.25) is 0 Å². The number of rotatable bonds is 4. The van der Waals surface area contributed by atoms with E-state index in [-0.39, 0.29) is 11.7 Å². The van der Waals surface area contributed by atoms with Crippen molar-refractivity contribution >= 4 is 17.3 Å². The second kappa shape index (κ2) is 7.08. The summed E-state index contributed by atoms with van der Waals surface area (Å²) in [5.41, 5.74) is 2.07. The molecular formula is C21H23FN2O2. The molecule has 1 saturated heterocycles. The molecule has 2 aromatic rings. The normalized spacial score (nSPS) is 18.9. The van der Waals surface area contributed by atoms with Gasteiger partial charge in [0.15, 0.2) is 0 Å². The van der Waals surface area contributed by atoms with Crippen LogP contribution in [0.5, 0.6) is 0 Å². The van der Waals surface area contributed by atoms with Crippen LogP contribution < -0.4 is 10.2 Å². The zero-order valence-corrected chi connectivity index (χ0v) is 14.7. The lowest BCUT2D eigenvalue weighted by Crippen LogP contribution is -2.46. The lowest BCUT2D eigenvalue weighted by Gasteiger charge is -2.40. The molecule has 1 aliphatic carbocycles. The lowest BCUT2D eigenvalue weighted by atomic mass is 9.63. The summed E-state index contributed by atoms with van der Waals surface area (Å²) in [7, 11) is 0. The molecule has 0 spiro atoms. The molecule has 0 atom stereocenters. The first-order valence-electron chi connectivity index (χ1n) is 9.18. The zero-order valence-electron chi connectivity index (χ0n) is 14.7. The molecule has 0 aromatic heterocycles. The predicted molar refractivity (Wildman–Crippen MR) is 100 cm³/mol. The maximum absolute atomic E-state index is 13.6. The van der Waals surface area contributed by atoms with Crippen LogP contribution in [0.25, 0.3) is 0 Å². The molecule has 4 rings (SSSR count). The number of carbonyl (C=O) groups excluding carboxylic acids is 1. The Hall–Kier alpha value is -2.40. The number of benzene rings is 2. The molecule has 0 radical (unpaired) electrons. The molecule has 1 aliphatic heterocycles. The third kappa shape index (κ3) is 3.19. The monoisotopic (exact) mass is 354 g/mol. The SMILES string of the molecule is O=C(Nc1ccc(N2CCOCC2)cc1)C1(c2cccc(F)c2)CCC1. The maximum Gasteiger partial charge on any atom is 0.235 e. The van der Waals surface area contributed by atoms with Gasteiger partial charge in [-0.1, -0.05) is 18.6 Å². The van der Waals surface area contributed by atoms with Gasteiger partial charge in [0.1, 0.15) is 5.82 Å². The van der Waals surface area contributed by atoms with E-state index in [9.17, 15) is 9.18 Å². The average molecular weight is 354 g/mol. The molecule has 1 N–H and O–H groups in total. The first kappa shape index (κ1) is 17.0. The summed E-state index contributed by atoms with van der Waals surface area (Å²) in [6.07, 6.45) is 2.50. The van der Waals surface area contributed by atoms with Crippen molar-refractivity contribution < 1.29 is 13.9 Å². The van der Waals surface area contributed by atoms with Gasteiger partial charge in [-0.2, -0.15) is 0 Å². The topological polar surface area (TPSA) is 41.6 Å². The molecule has 0 unspecified atom stereocenters. The Morgan fingerprint density at radius 1 is 1.08 bits per heavy atom. The summed E-state index contributed by atoms with van der Waals surface area (Å²) in [6, 6.07) is 14.3. The van der Waals surface area contributed by atoms with Crippen LogP contribution in [0.15, 0.2) is 48.5 Å². The van der Waals surface area contributed by atoms with E-state index in [1.807, 2.05) is 30.3 Å². The van der Waals surface area contributed by atoms with Crippen molar-refractivity contribution in [1.82, 2.24) is 0 Å². The number of hydrogen-bond donors (Lipinski definition) is 1. The minimum Gasteiger partial charge on any atom is -0.378 e. The standard InChI is InChI=1S/C21H23FN2O2/c22-17-4-1-3-16(15-17)21(9-2-10-21)20(25)23-18-5-7-19(8-6-18)24-11-13-26-14-12-24/h1,3-8,15H,2,9-14H2,(H,23,25). The second-order valence-corrected chi connectivity index (χ2v) is 7.05. The summed E-state index contributed by atoms with van der Waals surface area (Å²) in [5, 5.41) is 3.03. The van der Waals surface area contributed by atoms with E-state index >= 15 is 0 Å². The van der Waals surface area contributed by atoms with E-state index < -0.39 is 5.41 Å². The van der Waals surface area contributed by atoms with Crippen LogP contribution in [0.1, 0.15) is 24.8 Å². The molecule has 26 heavy (non-hydrogen) atoms. The van der Waals surface area contributed by atoms with E-state index in [1.165, 1.54) is 12.1 Å². The Bertz CT molecular complexity index is 781. The van der Waals surface area contributed by atoms with Crippen LogP contribution in [0.4, 0.5) is 15.8 Å². The summed E-state index contributed by atoms with van der Waals surface area (Å²) < 4.78 is 19.0. The zero-order chi connectivity index (χ0) is 18.0. The largest absolute Gasteiger partial charge is 0.378 e. The minimum absolute atomic E-state index is 0.0477. The van der Waals surface area contributed by atoms with Crippen molar-refractivity contribution in [1.29, 1.82) is 0 Å². The summed E-state index contributed by atoms with van der Waals surface area (Å²) in [5.74, 6) is -0.343. The van der Waals surface area contributed by atoms with Crippen molar-refractivity contribution in [2.24, 2.45) is 0 Å². The van der Waals surface area contributed by atoms with Crippen molar-refractivity contribution in [2.75, 3.05) is 36.5 Å². The van der Waals surface area contributed by atoms with Gasteiger partial charge < -0.3 is 15.0 Å². The van der Waals surface area contributed by atoms with E-state index in [4.69, 9.17) is 4.74 Å². The van der Waals surface area contributed by atoms with Crippen LogP contribution in [-0.2, 0) is 14.9 Å². The summed E-state index contributed by atoms with van der Waals surface area (Å²) in [6.45, 7) is 3.26. The number of anilines is 2. The van der Waals surface area contributed by atoms with Crippen molar-refractivity contribution in [3.8, 4) is 0 Å². The number of morpholine rings is 1. The Morgan fingerprint density at radius 3 is 2.42 bits per heavy atom. The van der Waals surface area contributed by atoms with E-state index in [1.54, 1.807) is 6.07 Å². The van der Waals surface area contributed by atoms with Crippen LogP contribution >= 0.6 is 0 Å². The third-order valence-corrected chi connectivity index (χ3v) is 5.52. The van der Waals surface area contributed by atoms with Gasteiger partial charge in [0, 0.05) is 24.5 Å². The van der Waals surface area contributed by atoms with E-state index in [0.717, 1.165) is 62.5 Å². The lowest BCUT2D eigenvalue weighted by molar-refractivity contribution is -0.124. The number of nitrogens with one attached hydrogen (secondary N) is 1. The van der Waals surface area contributed by atoms with Gasteiger partial charge in [0.2, 0.25) is 5.91 Å². The Morgan fingerprint density at radius 2 is 1.81 bits per heavy atom. The number of amides is 1. The van der Waals surface area contributed by atoms with Crippen LogP contribution in [0.3, 0.4) is 0 Å². The van der Waals surface area contributed by atoms with Crippen molar-refractivity contribution in [2.45, 2.75) is 24.7 Å².